The molecule has 1 N–H and O–H groups in total. The molecule has 1 amide bonds. The first-order valence-corrected chi connectivity index (χ1v) is 9.47. The van der Waals surface area contributed by atoms with E-state index in [4.69, 9.17) is 9.47 Å². The fourth-order valence-electron chi connectivity index (χ4n) is 3.47. The molecule has 0 bridgehead atoms. The summed E-state index contributed by atoms with van der Waals surface area (Å²) in [6, 6.07) is 13.9. The van der Waals surface area contributed by atoms with E-state index in [9.17, 15) is 9.18 Å². The van der Waals surface area contributed by atoms with E-state index in [-0.39, 0.29) is 29.9 Å². The Morgan fingerprint density at radius 3 is 2.93 bits per heavy atom. The first kappa shape index (κ1) is 19.1. The highest BCUT2D eigenvalue weighted by molar-refractivity contribution is 5.96. The molecule has 1 aliphatic rings. The number of aromatic nitrogens is 2. The van der Waals surface area contributed by atoms with Gasteiger partial charge in [-0.1, -0.05) is 30.3 Å². The van der Waals surface area contributed by atoms with E-state index in [1.165, 1.54) is 30.9 Å². The Balaban J connectivity index is 1.45. The second-order valence-electron chi connectivity index (χ2n) is 6.89. The van der Waals surface area contributed by atoms with Crippen LogP contribution in [0.3, 0.4) is 0 Å². The lowest BCUT2D eigenvalue weighted by Gasteiger charge is -2.22. The normalized spacial score (nSPS) is 15.6. The standard InChI is InChI=1S/C22H22FN3O3/c1-28-19-11-17(23)7-8-18(19)22(27)24-12-20-21-16(9-10-29-20)14-26(25-21)13-15-5-3-2-4-6-15/h2-8,11,14,20H,9-10,12-13H2,1H3,(H,24,27)/t20-/m1/s1. The third-order valence-corrected chi connectivity index (χ3v) is 4.91. The van der Waals surface area contributed by atoms with Crippen molar-refractivity contribution in [3.05, 3.63) is 82.9 Å². The van der Waals surface area contributed by atoms with E-state index < -0.39 is 5.82 Å². The van der Waals surface area contributed by atoms with Gasteiger partial charge in [0.15, 0.2) is 0 Å². The number of carbonyl (C=O) groups is 1. The zero-order chi connectivity index (χ0) is 20.2. The van der Waals surface area contributed by atoms with Gasteiger partial charge in [-0.25, -0.2) is 4.39 Å². The third-order valence-electron chi connectivity index (χ3n) is 4.91. The Morgan fingerprint density at radius 2 is 2.14 bits per heavy atom. The minimum atomic E-state index is -0.456. The lowest BCUT2D eigenvalue weighted by Crippen LogP contribution is -2.32. The predicted molar refractivity (Wildman–Crippen MR) is 105 cm³/mol. The quantitative estimate of drug-likeness (QED) is 0.697. The molecule has 1 atom stereocenters. The van der Waals surface area contributed by atoms with E-state index in [1.54, 1.807) is 0 Å². The summed E-state index contributed by atoms with van der Waals surface area (Å²) < 4.78 is 26.2. The first-order chi connectivity index (χ1) is 14.1. The van der Waals surface area contributed by atoms with Crippen molar-refractivity contribution in [1.82, 2.24) is 15.1 Å². The average molecular weight is 395 g/mol. The van der Waals surface area contributed by atoms with E-state index in [0.717, 1.165) is 17.7 Å². The molecule has 1 aliphatic heterocycles. The fraction of sp³-hybridized carbons (Fsp3) is 0.273. The van der Waals surface area contributed by atoms with Gasteiger partial charge in [0.25, 0.3) is 5.91 Å². The van der Waals surface area contributed by atoms with Gasteiger partial charge in [-0.2, -0.15) is 5.10 Å². The van der Waals surface area contributed by atoms with Gasteiger partial charge in [0.1, 0.15) is 17.7 Å². The Hall–Kier alpha value is -3.19. The minimum absolute atomic E-state index is 0.194. The largest absolute Gasteiger partial charge is 0.496 e. The molecular formula is C22H22FN3O3. The number of fused-ring (bicyclic) bond motifs is 1. The number of ether oxygens (including phenoxy) is 2. The van der Waals surface area contributed by atoms with Crippen molar-refractivity contribution in [1.29, 1.82) is 0 Å². The molecule has 3 aromatic rings. The van der Waals surface area contributed by atoms with Crippen LogP contribution < -0.4 is 10.1 Å². The highest BCUT2D eigenvalue weighted by atomic mass is 19.1. The molecule has 0 aliphatic carbocycles. The molecule has 7 heteroatoms. The summed E-state index contributed by atoms with van der Waals surface area (Å²) in [5, 5.41) is 7.54. The number of carbonyl (C=O) groups excluding carboxylic acids is 1. The summed E-state index contributed by atoms with van der Waals surface area (Å²) in [6.07, 6.45) is 2.51. The molecule has 0 saturated carbocycles. The van der Waals surface area contributed by atoms with E-state index in [1.807, 2.05) is 29.1 Å². The first-order valence-electron chi connectivity index (χ1n) is 9.47. The monoisotopic (exact) mass is 395 g/mol. The highest BCUT2D eigenvalue weighted by Crippen LogP contribution is 2.26. The van der Waals surface area contributed by atoms with Gasteiger partial charge in [-0.15, -0.1) is 0 Å². The zero-order valence-corrected chi connectivity index (χ0v) is 16.1. The Labute approximate surface area is 168 Å². The third kappa shape index (κ3) is 4.30. The Bertz CT molecular complexity index is 1000. The number of nitrogens with zero attached hydrogens (tertiary/aromatic N) is 2. The molecule has 0 fully saturated rings. The lowest BCUT2D eigenvalue weighted by atomic mass is 10.1. The van der Waals surface area contributed by atoms with Gasteiger partial charge in [-0.05, 0) is 29.7 Å². The molecule has 0 saturated heterocycles. The maximum atomic E-state index is 13.4. The highest BCUT2D eigenvalue weighted by Gasteiger charge is 2.26. The average Bonchev–Trinajstić information content (AvgIpc) is 3.15. The molecule has 1 aromatic heterocycles. The molecule has 0 spiro atoms. The number of hydrogen-bond donors (Lipinski definition) is 1. The van der Waals surface area contributed by atoms with Crippen LogP contribution in [0.2, 0.25) is 0 Å². The van der Waals surface area contributed by atoms with Crippen LogP contribution >= 0.6 is 0 Å². The van der Waals surface area contributed by atoms with Crippen molar-refractivity contribution in [2.75, 3.05) is 20.3 Å². The van der Waals surface area contributed by atoms with Crippen molar-refractivity contribution in [3.8, 4) is 5.75 Å². The van der Waals surface area contributed by atoms with Gasteiger partial charge >= 0.3 is 0 Å². The molecule has 4 rings (SSSR count). The summed E-state index contributed by atoms with van der Waals surface area (Å²) in [7, 11) is 1.40. The van der Waals surface area contributed by atoms with Crippen LogP contribution in [-0.4, -0.2) is 35.9 Å². The van der Waals surface area contributed by atoms with Crippen molar-refractivity contribution < 1.29 is 18.7 Å². The molecule has 2 aromatic carbocycles. The van der Waals surface area contributed by atoms with Gasteiger partial charge in [0.05, 0.1) is 31.5 Å². The van der Waals surface area contributed by atoms with Crippen LogP contribution in [0.5, 0.6) is 5.75 Å². The van der Waals surface area contributed by atoms with Crippen LogP contribution in [0.4, 0.5) is 4.39 Å². The molecule has 2 heterocycles. The van der Waals surface area contributed by atoms with Gasteiger partial charge in [-0.3, -0.25) is 9.48 Å². The SMILES string of the molecule is COc1cc(F)ccc1C(=O)NC[C@H]1OCCc2cn(Cc3ccccc3)nc21. The second-order valence-corrected chi connectivity index (χ2v) is 6.89. The number of nitrogens with one attached hydrogen (secondary N) is 1. The number of amides is 1. The molecule has 150 valence electrons. The van der Waals surface area contributed by atoms with E-state index in [2.05, 4.69) is 22.5 Å². The second kappa shape index (κ2) is 8.45. The van der Waals surface area contributed by atoms with Crippen molar-refractivity contribution in [3.63, 3.8) is 0 Å². The van der Waals surface area contributed by atoms with Gasteiger partial charge in [0.2, 0.25) is 0 Å². The van der Waals surface area contributed by atoms with Crippen LogP contribution in [-0.2, 0) is 17.7 Å². The van der Waals surface area contributed by atoms with E-state index in [0.29, 0.717) is 13.2 Å². The van der Waals surface area contributed by atoms with Crippen LogP contribution in [0.1, 0.15) is 33.3 Å². The smallest absolute Gasteiger partial charge is 0.255 e. The van der Waals surface area contributed by atoms with Crippen molar-refractivity contribution >= 4 is 5.91 Å². The van der Waals surface area contributed by atoms with Crippen molar-refractivity contribution in [2.24, 2.45) is 0 Å². The summed E-state index contributed by atoms with van der Waals surface area (Å²) in [5.41, 5.74) is 3.42. The number of rotatable bonds is 6. The Kier molecular flexibility index (Phi) is 5.57. The van der Waals surface area contributed by atoms with Crippen LogP contribution in [0.15, 0.2) is 54.7 Å². The number of halogens is 1. The summed E-state index contributed by atoms with van der Waals surface area (Å²) in [4.78, 5) is 12.5. The van der Waals surface area contributed by atoms with Crippen LogP contribution in [0.25, 0.3) is 0 Å². The van der Waals surface area contributed by atoms with Crippen molar-refractivity contribution in [2.45, 2.75) is 19.1 Å². The Morgan fingerprint density at radius 1 is 1.31 bits per heavy atom. The maximum absolute atomic E-state index is 13.4. The molecule has 0 unspecified atom stereocenters. The van der Waals surface area contributed by atoms with Gasteiger partial charge < -0.3 is 14.8 Å². The fourth-order valence-corrected chi connectivity index (χ4v) is 3.47. The summed E-state index contributed by atoms with van der Waals surface area (Å²) in [6.45, 7) is 1.53. The predicted octanol–water partition coefficient (Wildman–Crippen LogP) is 3.12. The number of hydrogen-bond acceptors (Lipinski definition) is 4. The molecule has 29 heavy (non-hydrogen) atoms. The van der Waals surface area contributed by atoms with Crippen LogP contribution in [0, 0.1) is 5.82 Å². The topological polar surface area (TPSA) is 65.4 Å². The molecule has 0 radical (unpaired) electrons. The summed E-state index contributed by atoms with van der Waals surface area (Å²) in [5.74, 6) is -0.608. The van der Waals surface area contributed by atoms with Gasteiger partial charge in [0, 0.05) is 18.8 Å². The molecular weight excluding hydrogens is 373 g/mol. The maximum Gasteiger partial charge on any atom is 0.255 e. The zero-order valence-electron chi connectivity index (χ0n) is 16.1. The lowest BCUT2D eigenvalue weighted by molar-refractivity contribution is 0.0383. The molecule has 6 nitrogen and oxygen atoms in total. The number of methoxy groups -OCH3 is 1. The number of benzene rings is 2. The minimum Gasteiger partial charge on any atom is -0.496 e. The van der Waals surface area contributed by atoms with E-state index >= 15 is 0 Å². The summed E-state index contributed by atoms with van der Waals surface area (Å²) >= 11 is 0.